The number of anilines is 1. The number of rotatable bonds is 5. The van der Waals surface area contributed by atoms with Crippen molar-refractivity contribution in [1.82, 2.24) is 19.9 Å². The number of nitrogens with zero attached hydrogens (tertiary/aromatic N) is 3. The molecule has 0 radical (unpaired) electrons. The molecule has 1 atom stereocenters. The molecule has 6 heteroatoms. The highest BCUT2D eigenvalue weighted by Gasteiger charge is 2.08. The summed E-state index contributed by atoms with van der Waals surface area (Å²) in [6.45, 7) is 2.84. The molecule has 0 fully saturated rings. The van der Waals surface area contributed by atoms with Crippen LogP contribution in [0.5, 0.6) is 0 Å². The second-order valence-corrected chi connectivity index (χ2v) is 5.47. The van der Waals surface area contributed by atoms with Gasteiger partial charge in [-0.25, -0.2) is 15.0 Å². The summed E-state index contributed by atoms with van der Waals surface area (Å²) in [5, 5.41) is 3.99. The summed E-state index contributed by atoms with van der Waals surface area (Å²) in [5.74, 6) is 2.65. The van der Waals surface area contributed by atoms with Crippen LogP contribution in [-0.2, 0) is 0 Å². The predicted octanol–water partition coefficient (Wildman–Crippen LogP) is 3.74. The van der Waals surface area contributed by atoms with Crippen molar-refractivity contribution in [3.63, 3.8) is 0 Å². The predicted molar refractivity (Wildman–Crippen MR) is 88.0 cm³/mol. The fraction of sp³-hybridized carbons (Fsp3) is 0.188. The molecule has 1 unspecified atom stereocenters. The van der Waals surface area contributed by atoms with Crippen LogP contribution in [0.4, 0.5) is 5.82 Å². The third-order valence-corrected chi connectivity index (χ3v) is 3.55. The van der Waals surface area contributed by atoms with E-state index in [1.807, 2.05) is 36.5 Å². The van der Waals surface area contributed by atoms with Crippen molar-refractivity contribution < 1.29 is 0 Å². The van der Waals surface area contributed by atoms with E-state index in [9.17, 15) is 0 Å². The molecule has 3 rings (SSSR count). The summed E-state index contributed by atoms with van der Waals surface area (Å²) in [6.07, 6.45) is 5.32. The van der Waals surface area contributed by atoms with Crippen LogP contribution in [0.3, 0.4) is 0 Å². The van der Waals surface area contributed by atoms with Crippen LogP contribution in [0.2, 0.25) is 5.02 Å². The fourth-order valence-corrected chi connectivity index (χ4v) is 2.32. The topological polar surface area (TPSA) is 66.5 Å². The highest BCUT2D eigenvalue weighted by Crippen LogP contribution is 2.20. The first kappa shape index (κ1) is 14.5. The van der Waals surface area contributed by atoms with E-state index in [1.54, 1.807) is 12.4 Å². The Morgan fingerprint density at radius 3 is 2.91 bits per heavy atom. The van der Waals surface area contributed by atoms with Gasteiger partial charge in [-0.05, 0) is 18.2 Å². The average Bonchev–Trinajstić information content (AvgIpc) is 3.07. The van der Waals surface area contributed by atoms with Gasteiger partial charge >= 0.3 is 0 Å². The van der Waals surface area contributed by atoms with Gasteiger partial charge < -0.3 is 10.3 Å². The number of aromatic amines is 1. The largest absolute Gasteiger partial charge is 0.369 e. The molecular formula is C16H16ClN5. The quantitative estimate of drug-likeness (QED) is 0.753. The summed E-state index contributed by atoms with van der Waals surface area (Å²) in [5.41, 5.74) is 0.898. The number of H-pyrrole nitrogens is 1. The zero-order valence-electron chi connectivity index (χ0n) is 12.1. The van der Waals surface area contributed by atoms with Crippen molar-refractivity contribution in [2.45, 2.75) is 12.8 Å². The third kappa shape index (κ3) is 3.43. The van der Waals surface area contributed by atoms with E-state index in [0.717, 1.165) is 23.8 Å². The lowest BCUT2D eigenvalue weighted by atomic mass is 10.1. The summed E-state index contributed by atoms with van der Waals surface area (Å²) < 4.78 is 0. The van der Waals surface area contributed by atoms with Crippen molar-refractivity contribution in [2.75, 3.05) is 11.9 Å². The van der Waals surface area contributed by atoms with E-state index in [2.05, 4.69) is 32.2 Å². The molecule has 0 saturated carbocycles. The zero-order chi connectivity index (χ0) is 15.4. The normalized spacial score (nSPS) is 12.1. The smallest absolute Gasteiger partial charge is 0.161 e. The fourth-order valence-electron chi connectivity index (χ4n) is 2.13. The molecule has 1 aromatic carbocycles. The molecule has 0 aliphatic rings. The van der Waals surface area contributed by atoms with Gasteiger partial charge in [0.15, 0.2) is 5.82 Å². The van der Waals surface area contributed by atoms with Crippen LogP contribution in [0.15, 0.2) is 48.9 Å². The van der Waals surface area contributed by atoms with Crippen molar-refractivity contribution in [2.24, 2.45) is 0 Å². The molecule has 0 aliphatic carbocycles. The Bertz CT molecular complexity index is 742. The average molecular weight is 314 g/mol. The number of aromatic nitrogens is 4. The Labute approximate surface area is 133 Å². The molecule has 22 heavy (non-hydrogen) atoms. The van der Waals surface area contributed by atoms with Gasteiger partial charge in [-0.3, -0.25) is 0 Å². The number of halogens is 1. The Kier molecular flexibility index (Phi) is 4.34. The number of nitrogens with one attached hydrogen (secondary N) is 2. The molecular weight excluding hydrogens is 298 g/mol. The summed E-state index contributed by atoms with van der Waals surface area (Å²) in [7, 11) is 0. The molecule has 112 valence electrons. The standard InChI is InChI=1S/C16H16ClN5/c1-11(15-19-7-8-20-15)10-21-14-5-6-18-16(22-14)12-3-2-4-13(17)9-12/h2-9,11H,10H2,1H3,(H,19,20)(H,18,21,22). The minimum absolute atomic E-state index is 0.264. The van der Waals surface area contributed by atoms with Crippen LogP contribution in [0.25, 0.3) is 11.4 Å². The Balaban J connectivity index is 1.71. The van der Waals surface area contributed by atoms with Gasteiger partial charge in [0.1, 0.15) is 11.6 Å². The molecule has 3 aromatic rings. The lowest BCUT2D eigenvalue weighted by Gasteiger charge is -2.11. The van der Waals surface area contributed by atoms with Crippen LogP contribution in [-0.4, -0.2) is 26.5 Å². The highest BCUT2D eigenvalue weighted by molar-refractivity contribution is 6.30. The number of benzene rings is 1. The molecule has 0 bridgehead atoms. The Hall–Kier alpha value is -2.40. The third-order valence-electron chi connectivity index (χ3n) is 3.31. The second-order valence-electron chi connectivity index (χ2n) is 5.03. The lowest BCUT2D eigenvalue weighted by Crippen LogP contribution is -2.12. The first-order valence-electron chi connectivity index (χ1n) is 7.04. The van der Waals surface area contributed by atoms with E-state index in [0.29, 0.717) is 10.8 Å². The van der Waals surface area contributed by atoms with Crippen LogP contribution >= 0.6 is 11.6 Å². The van der Waals surface area contributed by atoms with Gasteiger partial charge in [-0.15, -0.1) is 0 Å². The monoisotopic (exact) mass is 313 g/mol. The zero-order valence-corrected chi connectivity index (χ0v) is 12.9. The molecule has 2 aromatic heterocycles. The molecule has 0 spiro atoms. The van der Waals surface area contributed by atoms with Crippen LogP contribution in [0, 0.1) is 0 Å². The first-order valence-corrected chi connectivity index (χ1v) is 7.42. The van der Waals surface area contributed by atoms with E-state index in [1.165, 1.54) is 0 Å². The molecule has 0 saturated heterocycles. The van der Waals surface area contributed by atoms with Crippen LogP contribution in [0.1, 0.15) is 18.7 Å². The van der Waals surface area contributed by atoms with E-state index < -0.39 is 0 Å². The molecule has 2 N–H and O–H groups in total. The van der Waals surface area contributed by atoms with Gasteiger partial charge in [0, 0.05) is 41.6 Å². The number of hydrogen-bond donors (Lipinski definition) is 2. The van der Waals surface area contributed by atoms with Crippen molar-refractivity contribution in [3.8, 4) is 11.4 Å². The second kappa shape index (κ2) is 6.58. The highest BCUT2D eigenvalue weighted by atomic mass is 35.5. The summed E-state index contributed by atoms with van der Waals surface area (Å²) in [4.78, 5) is 16.2. The van der Waals surface area contributed by atoms with Gasteiger partial charge in [0.05, 0.1) is 0 Å². The minimum atomic E-state index is 0.264. The number of hydrogen-bond acceptors (Lipinski definition) is 4. The van der Waals surface area contributed by atoms with E-state index in [4.69, 9.17) is 11.6 Å². The maximum Gasteiger partial charge on any atom is 0.161 e. The Morgan fingerprint density at radius 2 is 2.14 bits per heavy atom. The summed E-state index contributed by atoms with van der Waals surface area (Å²) >= 11 is 6.01. The lowest BCUT2D eigenvalue weighted by molar-refractivity contribution is 0.746. The van der Waals surface area contributed by atoms with Crippen molar-refractivity contribution >= 4 is 17.4 Å². The number of imidazole rings is 1. The van der Waals surface area contributed by atoms with E-state index >= 15 is 0 Å². The summed E-state index contributed by atoms with van der Waals surface area (Å²) in [6, 6.07) is 9.36. The molecule has 0 amide bonds. The first-order chi connectivity index (χ1) is 10.7. The van der Waals surface area contributed by atoms with Crippen LogP contribution < -0.4 is 5.32 Å². The van der Waals surface area contributed by atoms with Crippen molar-refractivity contribution in [3.05, 3.63) is 59.8 Å². The van der Waals surface area contributed by atoms with E-state index in [-0.39, 0.29) is 5.92 Å². The minimum Gasteiger partial charge on any atom is -0.369 e. The SMILES string of the molecule is CC(CNc1ccnc(-c2cccc(Cl)c2)n1)c1ncc[nH]1. The van der Waals surface area contributed by atoms with Crippen molar-refractivity contribution in [1.29, 1.82) is 0 Å². The van der Waals surface area contributed by atoms with Gasteiger partial charge in [-0.1, -0.05) is 30.7 Å². The molecule has 5 nitrogen and oxygen atoms in total. The maximum absolute atomic E-state index is 6.01. The molecule has 0 aliphatic heterocycles. The van der Waals surface area contributed by atoms with Gasteiger partial charge in [-0.2, -0.15) is 0 Å². The Morgan fingerprint density at radius 1 is 1.23 bits per heavy atom. The van der Waals surface area contributed by atoms with Gasteiger partial charge in [0.25, 0.3) is 0 Å². The maximum atomic E-state index is 6.01. The molecule has 2 heterocycles. The van der Waals surface area contributed by atoms with Gasteiger partial charge in [0.2, 0.25) is 0 Å².